The van der Waals surface area contributed by atoms with Crippen LogP contribution >= 0.6 is 0 Å². The Kier molecular flexibility index (Phi) is 4.34. The lowest BCUT2D eigenvalue weighted by Gasteiger charge is -2.49. The van der Waals surface area contributed by atoms with Crippen LogP contribution in [0.25, 0.3) is 11.4 Å². The second-order valence-electron chi connectivity index (χ2n) is 7.37. The summed E-state index contributed by atoms with van der Waals surface area (Å²) in [4.78, 5) is 25.2. The van der Waals surface area contributed by atoms with Gasteiger partial charge in [0.05, 0.1) is 0 Å². The third kappa shape index (κ3) is 3.09. The summed E-state index contributed by atoms with van der Waals surface area (Å²) in [6.45, 7) is 7.07. The zero-order chi connectivity index (χ0) is 17.4. The van der Waals surface area contributed by atoms with Crippen LogP contribution < -0.4 is 0 Å². The van der Waals surface area contributed by atoms with E-state index < -0.39 is 0 Å². The zero-order valence-electron chi connectivity index (χ0n) is 15.0. The first-order chi connectivity index (χ1) is 12.1. The van der Waals surface area contributed by atoms with E-state index >= 15 is 0 Å². The average Bonchev–Trinajstić information content (AvgIpc) is 2.98. The molecule has 3 heterocycles. The van der Waals surface area contributed by atoms with Gasteiger partial charge in [0, 0.05) is 36.4 Å². The first-order valence-corrected chi connectivity index (χ1v) is 9.30. The molecule has 5 heteroatoms. The molecule has 2 saturated heterocycles. The minimum atomic E-state index is 0.0526. The van der Waals surface area contributed by atoms with Crippen LogP contribution in [0.15, 0.2) is 30.3 Å². The largest absolute Gasteiger partial charge is 0.341 e. The fraction of sp³-hybridized carbons (Fsp3) is 0.500. The Morgan fingerprint density at radius 2 is 1.96 bits per heavy atom. The van der Waals surface area contributed by atoms with Crippen LogP contribution in [-0.4, -0.2) is 57.4 Å². The maximum atomic E-state index is 12.8. The van der Waals surface area contributed by atoms with Crippen molar-refractivity contribution in [2.24, 2.45) is 0 Å². The molecule has 132 valence electrons. The number of imidazole rings is 1. The molecule has 0 radical (unpaired) electrons. The van der Waals surface area contributed by atoms with Crippen molar-refractivity contribution >= 4 is 5.91 Å². The predicted octanol–water partition coefficient (Wildman–Crippen LogP) is 3.08. The summed E-state index contributed by atoms with van der Waals surface area (Å²) in [6.07, 6.45) is 3.90. The Bertz CT molecular complexity index is 748. The number of H-pyrrole nitrogens is 1. The number of hydrogen-bond acceptors (Lipinski definition) is 3. The lowest BCUT2D eigenvalue weighted by molar-refractivity contribution is 0.00180. The van der Waals surface area contributed by atoms with E-state index in [2.05, 4.69) is 21.8 Å². The Labute approximate surface area is 149 Å². The number of carbonyl (C=O) groups is 1. The number of hydrogen-bond donors (Lipinski definition) is 1. The quantitative estimate of drug-likeness (QED) is 0.936. The van der Waals surface area contributed by atoms with E-state index in [4.69, 9.17) is 0 Å². The number of aryl methyl sites for hydroxylation is 1. The number of nitrogens with one attached hydrogen (secondary N) is 1. The average molecular weight is 338 g/mol. The number of benzene rings is 1. The lowest BCUT2D eigenvalue weighted by atomic mass is 9.97. The first kappa shape index (κ1) is 16.3. The van der Waals surface area contributed by atoms with Gasteiger partial charge in [-0.1, -0.05) is 36.8 Å². The molecule has 2 aliphatic rings. The lowest BCUT2D eigenvalue weighted by Crippen LogP contribution is -2.63. The van der Waals surface area contributed by atoms with Gasteiger partial charge in [-0.2, -0.15) is 0 Å². The highest BCUT2D eigenvalue weighted by Gasteiger charge is 2.38. The van der Waals surface area contributed by atoms with E-state index in [9.17, 15) is 4.79 Å². The number of amides is 1. The van der Waals surface area contributed by atoms with Crippen LogP contribution in [0.5, 0.6) is 0 Å². The van der Waals surface area contributed by atoms with E-state index in [1.165, 1.54) is 25.8 Å². The topological polar surface area (TPSA) is 52.2 Å². The van der Waals surface area contributed by atoms with E-state index in [1.807, 2.05) is 42.2 Å². The molecule has 4 rings (SSSR count). The molecule has 0 aliphatic carbocycles. The molecule has 1 aromatic heterocycles. The fourth-order valence-corrected chi connectivity index (χ4v) is 4.04. The summed E-state index contributed by atoms with van der Waals surface area (Å²) in [5.41, 5.74) is 2.41. The molecule has 1 N–H and O–H groups in total. The zero-order valence-corrected chi connectivity index (χ0v) is 15.0. The van der Waals surface area contributed by atoms with Gasteiger partial charge in [0.2, 0.25) is 0 Å². The molecule has 2 fully saturated rings. The van der Waals surface area contributed by atoms with Crippen molar-refractivity contribution in [1.29, 1.82) is 0 Å². The number of aromatic nitrogens is 2. The van der Waals surface area contributed by atoms with Gasteiger partial charge in [0.15, 0.2) is 0 Å². The van der Waals surface area contributed by atoms with Gasteiger partial charge in [-0.3, -0.25) is 9.69 Å². The van der Waals surface area contributed by atoms with Crippen LogP contribution in [-0.2, 0) is 0 Å². The minimum Gasteiger partial charge on any atom is -0.341 e. The standard InChI is InChI=1S/C20H26N4O/c1-14-8-6-7-11-24(14)17-12-23(13-17)20(25)18-15(2)21-19(22-18)16-9-4-3-5-10-16/h3-5,9-10,14,17H,6-8,11-13H2,1-2H3,(H,21,22)/t14-/m1/s1. The summed E-state index contributed by atoms with van der Waals surface area (Å²) in [6, 6.07) is 11.1. The Hall–Kier alpha value is -2.14. The number of carbonyl (C=O) groups excluding carboxylic acids is 1. The minimum absolute atomic E-state index is 0.0526. The van der Waals surface area contributed by atoms with Crippen molar-refractivity contribution in [2.45, 2.75) is 45.2 Å². The van der Waals surface area contributed by atoms with Crippen LogP contribution in [0.2, 0.25) is 0 Å². The normalized spacial score (nSPS) is 22.0. The third-order valence-corrected chi connectivity index (χ3v) is 5.61. The highest BCUT2D eigenvalue weighted by molar-refractivity contribution is 5.94. The van der Waals surface area contributed by atoms with Crippen molar-refractivity contribution < 1.29 is 4.79 Å². The number of likely N-dealkylation sites (tertiary alicyclic amines) is 2. The monoisotopic (exact) mass is 338 g/mol. The van der Waals surface area contributed by atoms with Gasteiger partial charge in [0.1, 0.15) is 11.5 Å². The van der Waals surface area contributed by atoms with E-state index in [0.29, 0.717) is 17.8 Å². The molecule has 2 aliphatic heterocycles. The van der Waals surface area contributed by atoms with Crippen LogP contribution in [0, 0.1) is 6.92 Å². The molecule has 0 bridgehead atoms. The molecule has 0 unspecified atom stereocenters. The summed E-state index contributed by atoms with van der Waals surface area (Å²) in [5, 5.41) is 0. The smallest absolute Gasteiger partial charge is 0.274 e. The second-order valence-corrected chi connectivity index (χ2v) is 7.37. The van der Waals surface area contributed by atoms with Gasteiger partial charge in [-0.25, -0.2) is 4.98 Å². The maximum Gasteiger partial charge on any atom is 0.274 e. The molecule has 2 aromatic rings. The van der Waals surface area contributed by atoms with Crippen molar-refractivity contribution in [3.8, 4) is 11.4 Å². The van der Waals surface area contributed by atoms with E-state index in [-0.39, 0.29) is 5.91 Å². The highest BCUT2D eigenvalue weighted by Crippen LogP contribution is 2.26. The third-order valence-electron chi connectivity index (χ3n) is 5.61. The summed E-state index contributed by atoms with van der Waals surface area (Å²) >= 11 is 0. The Morgan fingerprint density at radius 3 is 2.68 bits per heavy atom. The predicted molar refractivity (Wildman–Crippen MR) is 98.5 cm³/mol. The second kappa shape index (κ2) is 6.64. The molecule has 25 heavy (non-hydrogen) atoms. The van der Waals surface area contributed by atoms with Gasteiger partial charge in [0.25, 0.3) is 5.91 Å². The van der Waals surface area contributed by atoms with Gasteiger partial charge in [-0.05, 0) is 33.2 Å². The molecule has 5 nitrogen and oxygen atoms in total. The van der Waals surface area contributed by atoms with E-state index in [0.717, 1.165) is 30.2 Å². The Balaban J connectivity index is 1.43. The molecule has 1 aromatic carbocycles. The van der Waals surface area contributed by atoms with Crippen molar-refractivity contribution in [3.63, 3.8) is 0 Å². The van der Waals surface area contributed by atoms with Crippen LogP contribution in [0.4, 0.5) is 0 Å². The fourth-order valence-electron chi connectivity index (χ4n) is 4.04. The molecule has 0 saturated carbocycles. The summed E-state index contributed by atoms with van der Waals surface area (Å²) in [7, 11) is 0. The number of piperidine rings is 1. The molecular formula is C20H26N4O. The van der Waals surface area contributed by atoms with Crippen LogP contribution in [0.3, 0.4) is 0 Å². The Morgan fingerprint density at radius 1 is 1.20 bits per heavy atom. The summed E-state index contributed by atoms with van der Waals surface area (Å²) < 4.78 is 0. The van der Waals surface area contributed by atoms with E-state index in [1.54, 1.807) is 0 Å². The number of aromatic amines is 1. The van der Waals surface area contributed by atoms with Crippen molar-refractivity contribution in [3.05, 3.63) is 41.7 Å². The number of rotatable bonds is 3. The molecule has 0 spiro atoms. The number of nitrogens with zero attached hydrogens (tertiary/aromatic N) is 3. The SMILES string of the molecule is Cc1[nH]c(-c2ccccc2)nc1C(=O)N1CC(N2CCCC[C@H]2C)C1. The first-order valence-electron chi connectivity index (χ1n) is 9.30. The van der Waals surface area contributed by atoms with Crippen molar-refractivity contribution in [1.82, 2.24) is 19.8 Å². The maximum absolute atomic E-state index is 12.8. The van der Waals surface area contributed by atoms with Crippen molar-refractivity contribution in [2.75, 3.05) is 19.6 Å². The highest BCUT2D eigenvalue weighted by atomic mass is 16.2. The van der Waals surface area contributed by atoms with Crippen LogP contribution in [0.1, 0.15) is 42.4 Å². The van der Waals surface area contributed by atoms with Gasteiger partial charge < -0.3 is 9.88 Å². The molecular weight excluding hydrogens is 312 g/mol. The van der Waals surface area contributed by atoms with Gasteiger partial charge in [-0.15, -0.1) is 0 Å². The molecule has 1 atom stereocenters. The van der Waals surface area contributed by atoms with Gasteiger partial charge >= 0.3 is 0 Å². The molecule has 1 amide bonds. The summed E-state index contributed by atoms with van der Waals surface area (Å²) in [5.74, 6) is 0.819.